The Balaban J connectivity index is 2.33. The predicted octanol–water partition coefficient (Wildman–Crippen LogP) is 9.94. The first kappa shape index (κ1) is 54.6. The van der Waals surface area contributed by atoms with Crippen molar-refractivity contribution in [1.82, 2.24) is 0 Å². The van der Waals surface area contributed by atoms with Gasteiger partial charge in [-0.2, -0.15) is 0 Å². The van der Waals surface area contributed by atoms with Crippen LogP contribution in [0, 0.1) is 0 Å². The fourth-order valence-electron chi connectivity index (χ4n) is 6.22. The quantitative estimate of drug-likeness (QED) is 0.0208. The van der Waals surface area contributed by atoms with Crippen molar-refractivity contribution in [3.05, 3.63) is 97.2 Å². The number of hydrogen-bond donors (Lipinski definition) is 4. The van der Waals surface area contributed by atoms with Crippen molar-refractivity contribution in [1.29, 1.82) is 0 Å². The summed E-state index contributed by atoms with van der Waals surface area (Å²) in [5, 5.41) is 40.1. The summed E-state index contributed by atoms with van der Waals surface area (Å²) in [4.78, 5) is 25.3. The smallest absolute Gasteiger partial charge is 0.306 e. The van der Waals surface area contributed by atoms with Crippen LogP contribution in [0.2, 0.25) is 0 Å². The Kier molecular flexibility index (Phi) is 36.2. The number of aliphatic hydroxyl groups is 4. The maximum absolute atomic E-state index is 12.7. The molecule has 0 aromatic heterocycles. The van der Waals surface area contributed by atoms with Crippen molar-refractivity contribution < 1.29 is 49.0 Å². The SMILES string of the molecule is CC/C=C/C=C/C=C/C=C/C=C/CCCC(=O)OC(COC(=O)CCCCCCCCCCC/C=C/C/C=C/C/C=C/CCCCC)CO[C@H]1O[C@@H](CO)[C@@H](O)C(O)C1O. The average molecular weight is 841 g/mol. The van der Waals surface area contributed by atoms with Gasteiger partial charge in [-0.25, -0.2) is 0 Å². The van der Waals surface area contributed by atoms with Crippen molar-refractivity contribution >= 4 is 11.9 Å². The average Bonchev–Trinajstić information content (AvgIpc) is 3.25. The van der Waals surface area contributed by atoms with Crippen LogP contribution in [0.25, 0.3) is 0 Å². The van der Waals surface area contributed by atoms with E-state index in [4.69, 9.17) is 18.9 Å². The lowest BCUT2D eigenvalue weighted by Gasteiger charge is -2.39. The first-order chi connectivity index (χ1) is 29.3. The van der Waals surface area contributed by atoms with Crippen LogP contribution in [-0.4, -0.2) is 89.0 Å². The number of rotatable bonds is 36. The van der Waals surface area contributed by atoms with Gasteiger partial charge in [0.25, 0.3) is 0 Å². The van der Waals surface area contributed by atoms with Gasteiger partial charge in [-0.15, -0.1) is 0 Å². The largest absolute Gasteiger partial charge is 0.462 e. The van der Waals surface area contributed by atoms with E-state index < -0.39 is 55.4 Å². The van der Waals surface area contributed by atoms with Crippen molar-refractivity contribution in [2.45, 2.75) is 185 Å². The number of hydrogen-bond acceptors (Lipinski definition) is 10. The molecule has 1 aliphatic rings. The molecule has 0 radical (unpaired) electrons. The van der Waals surface area contributed by atoms with Gasteiger partial charge in [-0.1, -0.05) is 169 Å². The van der Waals surface area contributed by atoms with Crippen molar-refractivity contribution in [2.24, 2.45) is 0 Å². The molecule has 4 N–H and O–H groups in total. The number of aliphatic hydroxyl groups excluding tert-OH is 4. The molecular weight excluding hydrogens is 761 g/mol. The van der Waals surface area contributed by atoms with E-state index in [0.29, 0.717) is 19.3 Å². The summed E-state index contributed by atoms with van der Waals surface area (Å²) in [6.45, 7) is 3.15. The van der Waals surface area contributed by atoms with Gasteiger partial charge >= 0.3 is 11.9 Å². The summed E-state index contributed by atoms with van der Waals surface area (Å²) in [6.07, 6.45) is 45.7. The molecule has 0 aromatic carbocycles. The van der Waals surface area contributed by atoms with E-state index in [9.17, 15) is 30.0 Å². The molecular formula is C50H80O10. The zero-order valence-corrected chi connectivity index (χ0v) is 36.9. The van der Waals surface area contributed by atoms with Crippen molar-refractivity contribution in [2.75, 3.05) is 19.8 Å². The molecule has 10 nitrogen and oxygen atoms in total. The Morgan fingerprint density at radius 2 is 1.07 bits per heavy atom. The van der Waals surface area contributed by atoms with Crippen LogP contribution in [-0.2, 0) is 28.5 Å². The maximum Gasteiger partial charge on any atom is 0.306 e. The van der Waals surface area contributed by atoms with E-state index in [2.05, 4.69) is 56.4 Å². The summed E-state index contributed by atoms with van der Waals surface area (Å²) in [5.74, 6) is -0.909. The van der Waals surface area contributed by atoms with Gasteiger partial charge < -0.3 is 39.4 Å². The molecule has 10 heteroatoms. The Hall–Kier alpha value is -3.38. The summed E-state index contributed by atoms with van der Waals surface area (Å²) in [6, 6.07) is 0. The third-order valence-electron chi connectivity index (χ3n) is 9.83. The van der Waals surface area contributed by atoms with Gasteiger partial charge in [-0.3, -0.25) is 9.59 Å². The summed E-state index contributed by atoms with van der Waals surface area (Å²) in [5.41, 5.74) is 0. The summed E-state index contributed by atoms with van der Waals surface area (Å²) >= 11 is 0. The maximum atomic E-state index is 12.7. The Bertz CT molecular complexity index is 1290. The fourth-order valence-corrected chi connectivity index (χ4v) is 6.22. The minimum absolute atomic E-state index is 0.127. The second-order valence-electron chi connectivity index (χ2n) is 15.2. The minimum Gasteiger partial charge on any atom is -0.462 e. The molecule has 340 valence electrons. The fraction of sp³-hybridized carbons (Fsp3) is 0.640. The molecule has 3 unspecified atom stereocenters. The number of allylic oxidation sites excluding steroid dienone is 16. The Morgan fingerprint density at radius 3 is 1.67 bits per heavy atom. The molecule has 1 aliphatic heterocycles. The zero-order valence-electron chi connectivity index (χ0n) is 36.9. The number of ether oxygens (including phenoxy) is 4. The molecule has 0 amide bonds. The highest BCUT2D eigenvalue weighted by molar-refractivity contribution is 5.70. The van der Waals surface area contributed by atoms with Crippen LogP contribution < -0.4 is 0 Å². The predicted molar refractivity (Wildman–Crippen MR) is 242 cm³/mol. The van der Waals surface area contributed by atoms with Gasteiger partial charge in [0.05, 0.1) is 13.2 Å². The third kappa shape index (κ3) is 30.6. The standard InChI is InChI=1S/C50H80O10/c1-3-5-7-9-11-13-15-17-18-19-20-21-22-23-24-25-27-28-30-32-34-36-38-45(52)57-41-43(42-58-50-49(56)48(55)47(54)44(40-51)60-50)59-46(53)39-37-35-33-31-29-26-16-14-12-10-8-6-4-2/h6,8,10-14,16-18,20-21,26,29,31,33,43-44,47-51,54-56H,3-5,7,9,15,19,22-25,27-28,30,32,34-42H2,1-2H3/b8-6+,12-10+,13-11+,16-14+,18-17+,21-20+,29-26+,33-31+/t43?,44-,47+,48?,49?,50-/m0/s1. The molecule has 6 atom stereocenters. The van der Waals surface area contributed by atoms with E-state index in [1.54, 1.807) is 0 Å². The molecule has 1 rings (SSSR count). The lowest BCUT2D eigenvalue weighted by atomic mass is 9.99. The first-order valence-corrected chi connectivity index (χ1v) is 22.9. The Morgan fingerprint density at radius 1 is 0.550 bits per heavy atom. The van der Waals surface area contributed by atoms with Gasteiger partial charge in [0.1, 0.15) is 31.0 Å². The van der Waals surface area contributed by atoms with Gasteiger partial charge in [-0.05, 0) is 64.2 Å². The number of carbonyl (C=O) groups excluding carboxylic acids is 2. The summed E-state index contributed by atoms with van der Waals surface area (Å²) < 4.78 is 22.1. The number of unbranched alkanes of at least 4 members (excludes halogenated alkanes) is 13. The van der Waals surface area contributed by atoms with E-state index >= 15 is 0 Å². The molecule has 0 spiro atoms. The lowest BCUT2D eigenvalue weighted by molar-refractivity contribution is -0.305. The lowest BCUT2D eigenvalue weighted by Crippen LogP contribution is -2.59. The van der Waals surface area contributed by atoms with Crippen LogP contribution >= 0.6 is 0 Å². The molecule has 0 aliphatic carbocycles. The third-order valence-corrected chi connectivity index (χ3v) is 9.83. The highest BCUT2D eigenvalue weighted by atomic mass is 16.7. The molecule has 1 saturated heterocycles. The van der Waals surface area contributed by atoms with Gasteiger partial charge in [0.15, 0.2) is 12.4 Å². The Labute approximate surface area is 362 Å². The second-order valence-corrected chi connectivity index (χ2v) is 15.2. The molecule has 1 heterocycles. The van der Waals surface area contributed by atoms with E-state index in [0.717, 1.165) is 44.9 Å². The van der Waals surface area contributed by atoms with E-state index in [1.165, 1.54) is 57.8 Å². The van der Waals surface area contributed by atoms with Crippen LogP contribution in [0.1, 0.15) is 149 Å². The molecule has 0 saturated carbocycles. The number of esters is 2. The number of carbonyl (C=O) groups is 2. The van der Waals surface area contributed by atoms with Crippen molar-refractivity contribution in [3.63, 3.8) is 0 Å². The van der Waals surface area contributed by atoms with E-state index in [-0.39, 0.29) is 26.1 Å². The highest BCUT2D eigenvalue weighted by Gasteiger charge is 2.44. The normalized spacial score (nSPS) is 20.8. The topological polar surface area (TPSA) is 152 Å². The van der Waals surface area contributed by atoms with Crippen LogP contribution in [0.4, 0.5) is 0 Å². The second kappa shape index (κ2) is 39.7. The zero-order chi connectivity index (χ0) is 43.7. The monoisotopic (exact) mass is 841 g/mol. The molecule has 0 bridgehead atoms. The van der Waals surface area contributed by atoms with Gasteiger partial charge in [0.2, 0.25) is 0 Å². The van der Waals surface area contributed by atoms with Crippen LogP contribution in [0.5, 0.6) is 0 Å². The molecule has 0 aromatic rings. The first-order valence-electron chi connectivity index (χ1n) is 22.9. The summed E-state index contributed by atoms with van der Waals surface area (Å²) in [7, 11) is 0. The van der Waals surface area contributed by atoms with Gasteiger partial charge in [0, 0.05) is 12.8 Å². The minimum atomic E-state index is -1.61. The molecule has 60 heavy (non-hydrogen) atoms. The molecule has 1 fully saturated rings. The van der Waals surface area contributed by atoms with Crippen molar-refractivity contribution in [3.8, 4) is 0 Å². The van der Waals surface area contributed by atoms with E-state index in [1.807, 2.05) is 54.7 Å². The van der Waals surface area contributed by atoms with Crippen LogP contribution in [0.3, 0.4) is 0 Å². The highest BCUT2D eigenvalue weighted by Crippen LogP contribution is 2.22. The van der Waals surface area contributed by atoms with Crippen LogP contribution in [0.15, 0.2) is 97.2 Å².